The Morgan fingerprint density at radius 3 is 2.84 bits per heavy atom. The molecule has 2 N–H and O–H groups in total. The number of nitrogens with zero attached hydrogens (tertiary/aromatic N) is 1. The number of urea groups is 1. The van der Waals surface area contributed by atoms with Gasteiger partial charge in [0, 0.05) is 43.1 Å². The molecule has 0 bridgehead atoms. The van der Waals surface area contributed by atoms with E-state index in [0.717, 1.165) is 19.3 Å². The van der Waals surface area contributed by atoms with Crippen molar-refractivity contribution in [2.75, 3.05) is 20.3 Å². The van der Waals surface area contributed by atoms with Crippen LogP contribution in [-0.2, 0) is 17.6 Å². The quantitative estimate of drug-likeness (QED) is 0.737. The fourth-order valence-electron chi connectivity index (χ4n) is 3.42. The first-order chi connectivity index (χ1) is 12.2. The number of fused-ring (bicyclic) bond motifs is 1. The maximum absolute atomic E-state index is 12.2. The van der Waals surface area contributed by atoms with Crippen LogP contribution < -0.4 is 10.6 Å². The summed E-state index contributed by atoms with van der Waals surface area (Å²) in [7, 11) is 1.67. The zero-order chi connectivity index (χ0) is 17.6. The number of hydrogen-bond acceptors (Lipinski definition) is 3. The maximum atomic E-state index is 12.2. The molecule has 0 radical (unpaired) electrons. The lowest BCUT2D eigenvalue weighted by molar-refractivity contribution is 0.193. The van der Waals surface area contributed by atoms with Crippen LogP contribution >= 0.6 is 11.3 Å². The number of carbonyl (C=O) groups is 1. The highest BCUT2D eigenvalue weighted by atomic mass is 32.1. The first-order valence-electron chi connectivity index (χ1n) is 9.01. The van der Waals surface area contributed by atoms with Crippen LogP contribution in [-0.4, -0.2) is 30.9 Å². The number of aromatic nitrogens is 1. The molecule has 0 aromatic carbocycles. The molecule has 0 saturated carbocycles. The van der Waals surface area contributed by atoms with Gasteiger partial charge in [0.15, 0.2) is 0 Å². The monoisotopic (exact) mass is 361 g/mol. The Balaban J connectivity index is 1.76. The Bertz CT molecular complexity index is 694. The van der Waals surface area contributed by atoms with Crippen LogP contribution in [0.2, 0.25) is 0 Å². The third-order valence-corrected chi connectivity index (χ3v) is 5.94. The van der Waals surface area contributed by atoms with E-state index in [4.69, 9.17) is 4.74 Å². The summed E-state index contributed by atoms with van der Waals surface area (Å²) in [5, 5.41) is 7.27. The molecule has 0 spiro atoms. The summed E-state index contributed by atoms with van der Waals surface area (Å²) in [6.45, 7) is 3.36. The van der Waals surface area contributed by atoms with Gasteiger partial charge in [-0.3, -0.25) is 0 Å². The van der Waals surface area contributed by atoms with Crippen LogP contribution in [0.3, 0.4) is 0 Å². The summed E-state index contributed by atoms with van der Waals surface area (Å²) < 4.78 is 7.18. The van der Waals surface area contributed by atoms with Crippen molar-refractivity contribution in [3.8, 4) is 5.00 Å². The molecule has 5 nitrogen and oxygen atoms in total. The van der Waals surface area contributed by atoms with Gasteiger partial charge in [-0.15, -0.1) is 11.3 Å². The van der Waals surface area contributed by atoms with Gasteiger partial charge in [0.1, 0.15) is 5.00 Å². The third kappa shape index (κ3) is 4.25. The molecule has 0 unspecified atom stereocenters. The van der Waals surface area contributed by atoms with E-state index in [1.54, 1.807) is 7.11 Å². The highest BCUT2D eigenvalue weighted by molar-refractivity contribution is 7.15. The van der Waals surface area contributed by atoms with Crippen molar-refractivity contribution in [1.29, 1.82) is 0 Å². The molecule has 2 aromatic heterocycles. The SMILES string of the molecule is COCCCNC(=O)N[C@@H](C)c1c(-n2cccc2)sc2c1CCCC2. The second-order valence-corrected chi connectivity index (χ2v) is 7.57. The minimum Gasteiger partial charge on any atom is -0.385 e. The van der Waals surface area contributed by atoms with Crippen molar-refractivity contribution < 1.29 is 9.53 Å². The summed E-state index contributed by atoms with van der Waals surface area (Å²) in [5.74, 6) is 0. The normalized spacial score (nSPS) is 14.8. The van der Waals surface area contributed by atoms with E-state index in [0.29, 0.717) is 13.2 Å². The van der Waals surface area contributed by atoms with E-state index in [-0.39, 0.29) is 12.1 Å². The van der Waals surface area contributed by atoms with E-state index in [1.807, 2.05) is 23.5 Å². The van der Waals surface area contributed by atoms with Crippen LogP contribution in [0.25, 0.3) is 5.00 Å². The predicted octanol–water partition coefficient (Wildman–Crippen LogP) is 3.81. The van der Waals surface area contributed by atoms with Crippen LogP contribution in [0.1, 0.15) is 48.2 Å². The molecule has 0 aliphatic heterocycles. The van der Waals surface area contributed by atoms with Gasteiger partial charge < -0.3 is 19.9 Å². The van der Waals surface area contributed by atoms with Gasteiger partial charge in [0.2, 0.25) is 0 Å². The van der Waals surface area contributed by atoms with Gasteiger partial charge in [0.05, 0.1) is 6.04 Å². The Hall–Kier alpha value is -1.79. The highest BCUT2D eigenvalue weighted by Gasteiger charge is 2.25. The number of nitrogens with one attached hydrogen (secondary N) is 2. The van der Waals surface area contributed by atoms with E-state index in [1.165, 1.54) is 33.8 Å². The van der Waals surface area contributed by atoms with Gasteiger partial charge >= 0.3 is 6.03 Å². The Morgan fingerprint density at radius 1 is 1.32 bits per heavy atom. The topological polar surface area (TPSA) is 55.3 Å². The van der Waals surface area contributed by atoms with Crippen molar-refractivity contribution in [2.45, 2.75) is 45.1 Å². The van der Waals surface area contributed by atoms with Gasteiger partial charge in [0.25, 0.3) is 0 Å². The number of ether oxygens (including phenoxy) is 1. The Morgan fingerprint density at radius 2 is 2.08 bits per heavy atom. The number of methoxy groups -OCH3 is 1. The molecule has 3 rings (SSSR count). The molecule has 1 atom stereocenters. The first kappa shape index (κ1) is 18.0. The lowest BCUT2D eigenvalue weighted by Gasteiger charge is -2.20. The van der Waals surface area contributed by atoms with Crippen molar-refractivity contribution in [3.05, 3.63) is 40.5 Å². The van der Waals surface area contributed by atoms with E-state index in [2.05, 4.69) is 34.5 Å². The molecule has 1 aliphatic rings. The molecule has 2 heterocycles. The molecular weight excluding hydrogens is 334 g/mol. The van der Waals surface area contributed by atoms with Gasteiger partial charge in [-0.05, 0) is 56.7 Å². The smallest absolute Gasteiger partial charge is 0.315 e. The van der Waals surface area contributed by atoms with Gasteiger partial charge in [-0.25, -0.2) is 4.79 Å². The Kier molecular flexibility index (Phi) is 6.15. The number of carbonyl (C=O) groups excluding carboxylic acids is 1. The second kappa shape index (κ2) is 8.54. The standard InChI is InChI=1S/C19H27N3O2S/c1-14(21-19(23)20-10-7-13-24-2)17-15-8-3-4-9-16(15)25-18(17)22-11-5-6-12-22/h5-6,11-12,14H,3-4,7-10,13H2,1-2H3,(H2,20,21,23)/t14-/m0/s1. The fraction of sp³-hybridized carbons (Fsp3) is 0.526. The third-order valence-electron chi connectivity index (χ3n) is 4.62. The molecule has 1 aliphatic carbocycles. The Labute approximate surface area is 153 Å². The molecule has 2 aromatic rings. The van der Waals surface area contributed by atoms with E-state index >= 15 is 0 Å². The zero-order valence-corrected chi connectivity index (χ0v) is 15.8. The average Bonchev–Trinajstić information content (AvgIpc) is 3.25. The van der Waals surface area contributed by atoms with Gasteiger partial charge in [-0.2, -0.15) is 0 Å². The number of amides is 2. The number of aryl methyl sites for hydroxylation is 1. The molecule has 25 heavy (non-hydrogen) atoms. The predicted molar refractivity (Wildman–Crippen MR) is 102 cm³/mol. The molecule has 0 saturated heterocycles. The molecule has 2 amide bonds. The summed E-state index contributed by atoms with van der Waals surface area (Å²) >= 11 is 1.87. The zero-order valence-electron chi connectivity index (χ0n) is 15.0. The molecular formula is C19H27N3O2S. The van der Waals surface area contributed by atoms with E-state index < -0.39 is 0 Å². The van der Waals surface area contributed by atoms with Crippen molar-refractivity contribution in [2.24, 2.45) is 0 Å². The minimum atomic E-state index is -0.113. The molecule has 0 fully saturated rings. The summed E-state index contributed by atoms with van der Waals surface area (Å²) in [6.07, 6.45) is 9.75. The number of rotatable bonds is 7. The average molecular weight is 362 g/mol. The van der Waals surface area contributed by atoms with Crippen LogP contribution in [0.5, 0.6) is 0 Å². The highest BCUT2D eigenvalue weighted by Crippen LogP contribution is 2.40. The van der Waals surface area contributed by atoms with Crippen LogP contribution in [0, 0.1) is 0 Å². The summed E-state index contributed by atoms with van der Waals surface area (Å²) in [4.78, 5) is 13.7. The fourth-order valence-corrected chi connectivity index (χ4v) is 4.87. The number of hydrogen-bond donors (Lipinski definition) is 2. The van der Waals surface area contributed by atoms with Crippen molar-refractivity contribution in [3.63, 3.8) is 0 Å². The van der Waals surface area contributed by atoms with Crippen molar-refractivity contribution in [1.82, 2.24) is 15.2 Å². The van der Waals surface area contributed by atoms with Crippen LogP contribution in [0.15, 0.2) is 24.5 Å². The second-order valence-electron chi connectivity index (χ2n) is 6.49. The maximum Gasteiger partial charge on any atom is 0.315 e. The molecule has 136 valence electrons. The van der Waals surface area contributed by atoms with Crippen LogP contribution in [0.4, 0.5) is 4.79 Å². The van der Waals surface area contributed by atoms with Crippen molar-refractivity contribution >= 4 is 17.4 Å². The lowest BCUT2D eigenvalue weighted by atomic mass is 9.93. The van der Waals surface area contributed by atoms with Gasteiger partial charge in [-0.1, -0.05) is 0 Å². The summed E-state index contributed by atoms with van der Waals surface area (Å²) in [6, 6.07) is 3.96. The van der Waals surface area contributed by atoms with E-state index in [9.17, 15) is 4.79 Å². The molecule has 6 heteroatoms. The first-order valence-corrected chi connectivity index (χ1v) is 9.83. The minimum absolute atomic E-state index is 0.0158. The number of thiophene rings is 1. The lowest BCUT2D eigenvalue weighted by Crippen LogP contribution is -2.38. The largest absolute Gasteiger partial charge is 0.385 e. The summed E-state index contributed by atoms with van der Waals surface area (Å²) in [5.41, 5.74) is 2.73.